The Balaban J connectivity index is 2.04. The van der Waals surface area contributed by atoms with Crippen molar-refractivity contribution in [3.8, 4) is 0 Å². The van der Waals surface area contributed by atoms with Gasteiger partial charge in [0.05, 0.1) is 6.54 Å². The number of hydrogen-bond acceptors (Lipinski definition) is 4. The molecule has 0 bridgehead atoms. The van der Waals surface area contributed by atoms with Gasteiger partial charge in [-0.15, -0.1) is 11.3 Å². The van der Waals surface area contributed by atoms with Crippen LogP contribution in [0.1, 0.15) is 15.4 Å². The molecular formula is C11H10ClN3OS. The molecule has 1 amide bonds. The molecule has 0 fully saturated rings. The third kappa shape index (κ3) is 3.18. The van der Waals surface area contributed by atoms with Crippen molar-refractivity contribution in [2.75, 3.05) is 5.73 Å². The molecule has 6 heteroatoms. The van der Waals surface area contributed by atoms with Crippen LogP contribution in [0.5, 0.6) is 0 Å². The molecule has 1 aromatic heterocycles. The van der Waals surface area contributed by atoms with Gasteiger partial charge in [-0.1, -0.05) is 11.6 Å². The van der Waals surface area contributed by atoms with Crippen LogP contribution in [0.3, 0.4) is 0 Å². The maximum Gasteiger partial charge on any atom is 0.251 e. The van der Waals surface area contributed by atoms with Crippen molar-refractivity contribution in [1.29, 1.82) is 0 Å². The fraction of sp³-hybridized carbons (Fsp3) is 0.0909. The lowest BCUT2D eigenvalue weighted by molar-refractivity contribution is 0.0951. The van der Waals surface area contributed by atoms with Crippen LogP contribution in [0.15, 0.2) is 29.8 Å². The van der Waals surface area contributed by atoms with E-state index in [1.54, 1.807) is 24.4 Å². The first-order chi connectivity index (χ1) is 8.15. The van der Waals surface area contributed by atoms with E-state index in [2.05, 4.69) is 10.3 Å². The van der Waals surface area contributed by atoms with Crippen LogP contribution in [0.2, 0.25) is 5.02 Å². The predicted octanol–water partition coefficient (Wildman–Crippen LogP) is 2.31. The number of benzene rings is 1. The molecule has 0 radical (unpaired) electrons. The predicted molar refractivity (Wildman–Crippen MR) is 69.1 cm³/mol. The second-order valence-corrected chi connectivity index (χ2v) is 4.80. The Morgan fingerprint density at radius 1 is 1.47 bits per heavy atom. The van der Waals surface area contributed by atoms with Gasteiger partial charge < -0.3 is 11.1 Å². The van der Waals surface area contributed by atoms with Crippen molar-refractivity contribution in [1.82, 2.24) is 10.3 Å². The number of rotatable bonds is 3. The third-order valence-electron chi connectivity index (χ3n) is 2.07. The topological polar surface area (TPSA) is 68.0 Å². The molecule has 88 valence electrons. The van der Waals surface area contributed by atoms with Crippen LogP contribution in [0.25, 0.3) is 0 Å². The van der Waals surface area contributed by atoms with Crippen molar-refractivity contribution >= 4 is 34.5 Å². The van der Waals surface area contributed by atoms with Crippen LogP contribution < -0.4 is 11.1 Å². The van der Waals surface area contributed by atoms with Gasteiger partial charge in [-0.05, 0) is 18.2 Å². The molecule has 0 aliphatic carbocycles. The van der Waals surface area contributed by atoms with Crippen LogP contribution in [-0.4, -0.2) is 10.9 Å². The smallest absolute Gasteiger partial charge is 0.251 e. The van der Waals surface area contributed by atoms with E-state index in [4.69, 9.17) is 17.3 Å². The minimum absolute atomic E-state index is 0.214. The molecule has 0 aliphatic heterocycles. The average Bonchev–Trinajstić information content (AvgIpc) is 2.77. The van der Waals surface area contributed by atoms with Gasteiger partial charge in [0, 0.05) is 27.9 Å². The molecule has 2 aromatic rings. The number of hydrogen-bond donors (Lipinski definition) is 2. The minimum Gasteiger partial charge on any atom is -0.399 e. The number of nitrogens with two attached hydrogens (primary N) is 1. The van der Waals surface area contributed by atoms with E-state index in [1.807, 2.05) is 5.38 Å². The molecule has 0 unspecified atom stereocenters. The molecule has 4 nitrogen and oxygen atoms in total. The summed E-state index contributed by atoms with van der Waals surface area (Å²) in [4.78, 5) is 15.9. The second kappa shape index (κ2) is 5.16. The van der Waals surface area contributed by atoms with Crippen LogP contribution >= 0.6 is 22.9 Å². The van der Waals surface area contributed by atoms with Crippen LogP contribution in [-0.2, 0) is 6.54 Å². The number of thiazole rings is 1. The first kappa shape index (κ1) is 11.9. The number of nitrogens with one attached hydrogen (secondary N) is 1. The zero-order chi connectivity index (χ0) is 12.3. The maximum absolute atomic E-state index is 11.8. The lowest BCUT2D eigenvalue weighted by Gasteiger charge is -2.04. The quantitative estimate of drug-likeness (QED) is 0.839. The van der Waals surface area contributed by atoms with Gasteiger partial charge in [-0.25, -0.2) is 4.98 Å². The van der Waals surface area contributed by atoms with E-state index in [1.165, 1.54) is 11.3 Å². The summed E-state index contributed by atoms with van der Waals surface area (Å²) in [6, 6.07) is 4.76. The zero-order valence-electron chi connectivity index (χ0n) is 8.81. The summed E-state index contributed by atoms with van der Waals surface area (Å²) in [6.45, 7) is 0.406. The molecule has 2 rings (SSSR count). The first-order valence-corrected chi connectivity index (χ1v) is 6.13. The number of nitrogens with zero attached hydrogens (tertiary/aromatic N) is 1. The molecule has 0 atom stereocenters. The number of carbonyl (C=O) groups excluding carboxylic acids is 1. The highest BCUT2D eigenvalue weighted by Crippen LogP contribution is 2.16. The summed E-state index contributed by atoms with van der Waals surface area (Å²) in [7, 11) is 0. The van der Waals surface area contributed by atoms with Crippen LogP contribution in [0, 0.1) is 0 Å². The highest BCUT2D eigenvalue weighted by atomic mass is 35.5. The lowest BCUT2D eigenvalue weighted by atomic mass is 10.2. The molecule has 0 saturated heterocycles. The number of carbonyl (C=O) groups is 1. The highest BCUT2D eigenvalue weighted by molar-refractivity contribution is 7.09. The van der Waals surface area contributed by atoms with E-state index >= 15 is 0 Å². The van der Waals surface area contributed by atoms with Crippen molar-refractivity contribution in [3.63, 3.8) is 0 Å². The minimum atomic E-state index is -0.214. The fourth-order valence-corrected chi connectivity index (χ4v) is 2.14. The normalized spacial score (nSPS) is 10.2. The summed E-state index contributed by atoms with van der Waals surface area (Å²) in [5, 5.41) is 5.91. The van der Waals surface area contributed by atoms with E-state index in [0.717, 1.165) is 5.01 Å². The number of anilines is 1. The summed E-state index contributed by atoms with van der Waals surface area (Å²) in [5.41, 5.74) is 6.53. The Bertz CT molecular complexity index is 507. The lowest BCUT2D eigenvalue weighted by Crippen LogP contribution is -2.22. The van der Waals surface area contributed by atoms with Gasteiger partial charge in [-0.2, -0.15) is 0 Å². The second-order valence-electron chi connectivity index (χ2n) is 3.38. The van der Waals surface area contributed by atoms with Gasteiger partial charge in [0.2, 0.25) is 0 Å². The van der Waals surface area contributed by atoms with Crippen molar-refractivity contribution < 1.29 is 4.79 Å². The Kier molecular flexibility index (Phi) is 3.61. The molecule has 0 aliphatic rings. The number of amides is 1. The maximum atomic E-state index is 11.8. The van der Waals surface area contributed by atoms with Crippen molar-refractivity contribution in [2.45, 2.75) is 6.54 Å². The molecule has 0 saturated carbocycles. The zero-order valence-corrected chi connectivity index (χ0v) is 10.4. The highest BCUT2D eigenvalue weighted by Gasteiger charge is 2.07. The molecular weight excluding hydrogens is 258 g/mol. The van der Waals surface area contributed by atoms with Crippen molar-refractivity contribution in [2.24, 2.45) is 0 Å². The molecule has 17 heavy (non-hydrogen) atoms. The summed E-state index contributed by atoms with van der Waals surface area (Å²) in [5.74, 6) is -0.214. The Hall–Kier alpha value is -1.59. The summed E-state index contributed by atoms with van der Waals surface area (Å²) in [6.07, 6.45) is 1.70. The Morgan fingerprint density at radius 2 is 2.29 bits per heavy atom. The Morgan fingerprint density at radius 3 is 2.94 bits per heavy atom. The van der Waals surface area contributed by atoms with E-state index in [0.29, 0.717) is 22.8 Å². The largest absolute Gasteiger partial charge is 0.399 e. The van der Waals surface area contributed by atoms with Gasteiger partial charge in [0.15, 0.2) is 0 Å². The summed E-state index contributed by atoms with van der Waals surface area (Å²) < 4.78 is 0. The number of halogens is 1. The van der Waals surface area contributed by atoms with E-state index < -0.39 is 0 Å². The number of aromatic nitrogens is 1. The van der Waals surface area contributed by atoms with Gasteiger partial charge in [0.1, 0.15) is 5.01 Å². The van der Waals surface area contributed by atoms with Crippen molar-refractivity contribution in [3.05, 3.63) is 45.4 Å². The summed E-state index contributed by atoms with van der Waals surface area (Å²) >= 11 is 7.31. The Labute approximate surface area is 107 Å². The number of nitrogen functional groups attached to an aromatic ring is 1. The van der Waals surface area contributed by atoms with E-state index in [9.17, 15) is 4.79 Å². The monoisotopic (exact) mass is 267 g/mol. The average molecular weight is 268 g/mol. The van der Waals surface area contributed by atoms with Gasteiger partial charge in [-0.3, -0.25) is 4.79 Å². The van der Waals surface area contributed by atoms with Crippen LogP contribution in [0.4, 0.5) is 5.69 Å². The third-order valence-corrected chi connectivity index (χ3v) is 3.06. The standard InChI is InChI=1S/C11H10ClN3OS/c12-8-3-7(4-9(13)5-8)11(16)15-6-10-14-1-2-17-10/h1-5H,6,13H2,(H,15,16). The SMILES string of the molecule is Nc1cc(Cl)cc(C(=O)NCc2nccs2)c1. The molecule has 0 spiro atoms. The van der Waals surface area contributed by atoms with E-state index in [-0.39, 0.29) is 5.91 Å². The van der Waals surface area contributed by atoms with Gasteiger partial charge in [0.25, 0.3) is 5.91 Å². The van der Waals surface area contributed by atoms with Gasteiger partial charge >= 0.3 is 0 Å². The fourth-order valence-electron chi connectivity index (χ4n) is 1.34. The molecule has 1 heterocycles. The molecule has 3 N–H and O–H groups in total. The first-order valence-electron chi connectivity index (χ1n) is 4.88. The molecule has 1 aromatic carbocycles.